The van der Waals surface area contributed by atoms with Gasteiger partial charge in [0.15, 0.2) is 0 Å². The van der Waals surface area contributed by atoms with Crippen LogP contribution in [0, 0.1) is 0 Å². The van der Waals surface area contributed by atoms with E-state index < -0.39 is 0 Å². The van der Waals surface area contributed by atoms with Crippen molar-refractivity contribution in [2.24, 2.45) is 0 Å². The fourth-order valence-electron chi connectivity index (χ4n) is 2.15. The summed E-state index contributed by atoms with van der Waals surface area (Å²) in [4.78, 5) is 11.2. The number of carbonyl (C=O) groups excluding carboxylic acids is 1. The topological polar surface area (TPSA) is 47.6 Å². The molecule has 1 amide bonds. The second kappa shape index (κ2) is 6.15. The maximum Gasteiger partial charge on any atom is 0.235 e. The molecule has 0 aromatic heterocycles. The van der Waals surface area contributed by atoms with E-state index in [0.29, 0.717) is 13.2 Å². The van der Waals surface area contributed by atoms with Crippen molar-refractivity contribution in [3.05, 3.63) is 23.3 Å². The van der Waals surface area contributed by atoms with Gasteiger partial charge in [0.25, 0.3) is 0 Å². The van der Waals surface area contributed by atoms with Gasteiger partial charge in [0.05, 0.1) is 6.61 Å². The standard InChI is InChI=1S/C14H18ClNO3/c1-3-18-12-5-10-4-9(2)19-13(10)6-11(12)8-16-14(17)7-15/h5-6,9H,3-4,7-8H2,1-2H3,(H,16,17)/t9-/m0/s1. The minimum Gasteiger partial charge on any atom is -0.494 e. The van der Waals surface area contributed by atoms with Gasteiger partial charge in [-0.1, -0.05) is 0 Å². The van der Waals surface area contributed by atoms with E-state index in [1.807, 2.05) is 26.0 Å². The van der Waals surface area contributed by atoms with Crippen molar-refractivity contribution in [3.8, 4) is 11.5 Å². The third-order valence-electron chi connectivity index (χ3n) is 2.98. The Bertz CT molecular complexity index is 476. The van der Waals surface area contributed by atoms with E-state index in [4.69, 9.17) is 21.1 Å². The summed E-state index contributed by atoms with van der Waals surface area (Å²) in [6.45, 7) is 4.96. The smallest absolute Gasteiger partial charge is 0.235 e. The number of alkyl halides is 1. The van der Waals surface area contributed by atoms with Gasteiger partial charge in [0, 0.05) is 24.1 Å². The van der Waals surface area contributed by atoms with Gasteiger partial charge >= 0.3 is 0 Å². The number of carbonyl (C=O) groups is 1. The van der Waals surface area contributed by atoms with Crippen LogP contribution in [-0.2, 0) is 17.8 Å². The minimum absolute atomic E-state index is 0.0392. The van der Waals surface area contributed by atoms with Crippen LogP contribution in [0.25, 0.3) is 0 Å². The first kappa shape index (κ1) is 14.0. The molecule has 0 radical (unpaired) electrons. The molecule has 0 aliphatic carbocycles. The van der Waals surface area contributed by atoms with Crippen molar-refractivity contribution in [1.29, 1.82) is 0 Å². The Balaban J connectivity index is 2.20. The van der Waals surface area contributed by atoms with E-state index >= 15 is 0 Å². The zero-order valence-corrected chi connectivity index (χ0v) is 11.9. The van der Waals surface area contributed by atoms with Crippen LogP contribution in [-0.4, -0.2) is 24.5 Å². The van der Waals surface area contributed by atoms with Gasteiger partial charge < -0.3 is 14.8 Å². The summed E-state index contributed by atoms with van der Waals surface area (Å²) in [5, 5.41) is 2.74. The maximum atomic E-state index is 11.2. The van der Waals surface area contributed by atoms with Gasteiger partial charge in [0.2, 0.25) is 5.91 Å². The highest BCUT2D eigenvalue weighted by Crippen LogP contribution is 2.35. The molecule has 0 fully saturated rings. The molecule has 19 heavy (non-hydrogen) atoms. The number of benzene rings is 1. The fraction of sp³-hybridized carbons (Fsp3) is 0.500. The highest BCUT2D eigenvalue weighted by molar-refractivity contribution is 6.27. The lowest BCUT2D eigenvalue weighted by Gasteiger charge is -2.13. The summed E-state index contributed by atoms with van der Waals surface area (Å²) < 4.78 is 11.3. The number of hydrogen-bond donors (Lipinski definition) is 1. The van der Waals surface area contributed by atoms with E-state index in [1.54, 1.807) is 0 Å². The monoisotopic (exact) mass is 283 g/mol. The highest BCUT2D eigenvalue weighted by atomic mass is 35.5. The molecule has 104 valence electrons. The first-order chi connectivity index (χ1) is 9.13. The maximum absolute atomic E-state index is 11.2. The van der Waals surface area contributed by atoms with Crippen LogP contribution in [0.3, 0.4) is 0 Å². The molecule has 0 saturated carbocycles. The van der Waals surface area contributed by atoms with E-state index in [1.165, 1.54) is 0 Å². The van der Waals surface area contributed by atoms with E-state index in [-0.39, 0.29) is 17.9 Å². The third kappa shape index (κ3) is 3.32. The lowest BCUT2D eigenvalue weighted by Crippen LogP contribution is -2.24. The Hall–Kier alpha value is -1.42. The van der Waals surface area contributed by atoms with Gasteiger partial charge in [-0.3, -0.25) is 4.79 Å². The Morgan fingerprint density at radius 3 is 3.05 bits per heavy atom. The number of ether oxygens (including phenoxy) is 2. The molecule has 0 saturated heterocycles. The first-order valence-corrected chi connectivity index (χ1v) is 6.95. The average Bonchev–Trinajstić information content (AvgIpc) is 2.75. The predicted octanol–water partition coefficient (Wildman–Crippen LogP) is 2.26. The molecule has 1 atom stereocenters. The summed E-state index contributed by atoms with van der Waals surface area (Å²) in [6, 6.07) is 3.95. The fourth-order valence-corrected chi connectivity index (χ4v) is 2.25. The summed E-state index contributed by atoms with van der Waals surface area (Å²) in [5.41, 5.74) is 2.07. The van der Waals surface area contributed by atoms with Gasteiger partial charge in [-0.25, -0.2) is 0 Å². The summed E-state index contributed by atoms with van der Waals surface area (Å²) in [5.74, 6) is 1.45. The molecule has 1 aromatic rings. The summed E-state index contributed by atoms with van der Waals surface area (Å²) >= 11 is 5.46. The second-order valence-corrected chi connectivity index (χ2v) is 4.81. The summed E-state index contributed by atoms with van der Waals surface area (Å²) in [7, 11) is 0. The van der Waals surface area contributed by atoms with Crippen LogP contribution >= 0.6 is 11.6 Å². The van der Waals surface area contributed by atoms with Crippen LogP contribution in [0.5, 0.6) is 11.5 Å². The normalized spacial score (nSPS) is 16.7. The van der Waals surface area contributed by atoms with Gasteiger partial charge in [-0.05, 0) is 26.0 Å². The molecule has 0 unspecified atom stereocenters. The molecule has 5 heteroatoms. The second-order valence-electron chi connectivity index (χ2n) is 4.54. The van der Waals surface area contributed by atoms with E-state index in [2.05, 4.69) is 5.32 Å². The van der Waals surface area contributed by atoms with Crippen molar-refractivity contribution in [1.82, 2.24) is 5.32 Å². The van der Waals surface area contributed by atoms with Gasteiger partial charge in [-0.15, -0.1) is 11.6 Å². The van der Waals surface area contributed by atoms with Crippen LogP contribution in [0.1, 0.15) is 25.0 Å². The zero-order valence-electron chi connectivity index (χ0n) is 11.2. The van der Waals surface area contributed by atoms with Crippen LogP contribution < -0.4 is 14.8 Å². The number of halogens is 1. The largest absolute Gasteiger partial charge is 0.494 e. The molecular formula is C14H18ClNO3. The molecule has 2 rings (SSSR count). The van der Waals surface area contributed by atoms with Crippen molar-refractivity contribution >= 4 is 17.5 Å². The number of hydrogen-bond acceptors (Lipinski definition) is 3. The van der Waals surface area contributed by atoms with E-state index in [0.717, 1.165) is 29.0 Å². The van der Waals surface area contributed by atoms with Crippen molar-refractivity contribution in [2.75, 3.05) is 12.5 Å². The SMILES string of the molecule is CCOc1cc2c(cc1CNC(=O)CCl)O[C@@H](C)C2. The molecule has 4 nitrogen and oxygen atoms in total. The Kier molecular flexibility index (Phi) is 4.53. The molecular weight excluding hydrogens is 266 g/mol. The Labute approximate surface area is 118 Å². The average molecular weight is 284 g/mol. The van der Waals surface area contributed by atoms with Crippen molar-refractivity contribution in [2.45, 2.75) is 32.9 Å². The minimum atomic E-state index is -0.195. The number of fused-ring (bicyclic) bond motifs is 1. The van der Waals surface area contributed by atoms with Gasteiger partial charge in [0.1, 0.15) is 23.5 Å². The third-order valence-corrected chi connectivity index (χ3v) is 3.22. The molecule has 1 aliphatic rings. The number of rotatable bonds is 5. The van der Waals surface area contributed by atoms with Crippen molar-refractivity contribution in [3.63, 3.8) is 0 Å². The number of amides is 1. The molecule has 1 heterocycles. The lowest BCUT2D eigenvalue weighted by molar-refractivity contribution is -0.118. The Morgan fingerprint density at radius 1 is 1.58 bits per heavy atom. The van der Waals surface area contributed by atoms with Crippen LogP contribution in [0.4, 0.5) is 0 Å². The molecule has 1 aromatic carbocycles. The lowest BCUT2D eigenvalue weighted by atomic mass is 10.1. The molecule has 0 bridgehead atoms. The quantitative estimate of drug-likeness (QED) is 0.843. The molecule has 1 aliphatic heterocycles. The Morgan fingerprint density at radius 2 is 2.37 bits per heavy atom. The van der Waals surface area contributed by atoms with E-state index in [9.17, 15) is 4.79 Å². The van der Waals surface area contributed by atoms with Crippen LogP contribution in [0.15, 0.2) is 12.1 Å². The van der Waals surface area contributed by atoms with Gasteiger partial charge in [-0.2, -0.15) is 0 Å². The highest BCUT2D eigenvalue weighted by Gasteiger charge is 2.21. The number of nitrogens with one attached hydrogen (secondary N) is 1. The zero-order chi connectivity index (χ0) is 13.8. The first-order valence-electron chi connectivity index (χ1n) is 6.42. The molecule has 0 spiro atoms. The van der Waals surface area contributed by atoms with Crippen LogP contribution in [0.2, 0.25) is 0 Å². The van der Waals surface area contributed by atoms with Crippen molar-refractivity contribution < 1.29 is 14.3 Å². The predicted molar refractivity (Wildman–Crippen MR) is 74.0 cm³/mol. The summed E-state index contributed by atoms with van der Waals surface area (Å²) in [6.07, 6.45) is 1.08. The molecule has 1 N–H and O–H groups in total.